The topological polar surface area (TPSA) is 75.7 Å². The van der Waals surface area contributed by atoms with E-state index in [1.165, 1.54) is 29.6 Å². The molecule has 1 heterocycles. The summed E-state index contributed by atoms with van der Waals surface area (Å²) < 4.78 is 45.9. The lowest BCUT2D eigenvalue weighted by Crippen LogP contribution is -2.45. The van der Waals surface area contributed by atoms with Crippen LogP contribution in [0.2, 0.25) is 0 Å². The molecule has 0 radical (unpaired) electrons. The van der Waals surface area contributed by atoms with E-state index >= 15 is 0 Å². The van der Waals surface area contributed by atoms with Gasteiger partial charge in [0.05, 0.1) is 24.0 Å². The van der Waals surface area contributed by atoms with E-state index in [2.05, 4.69) is 5.32 Å². The maximum atomic E-state index is 13.1. The summed E-state index contributed by atoms with van der Waals surface area (Å²) in [4.78, 5) is 13.0. The van der Waals surface area contributed by atoms with Gasteiger partial charge in [0.25, 0.3) is 0 Å². The van der Waals surface area contributed by atoms with Gasteiger partial charge in [0, 0.05) is 13.1 Å². The van der Waals surface area contributed by atoms with Crippen molar-refractivity contribution in [2.45, 2.75) is 37.6 Å². The van der Waals surface area contributed by atoms with Crippen molar-refractivity contribution < 1.29 is 22.3 Å². The van der Waals surface area contributed by atoms with Crippen LogP contribution in [0, 0.1) is 18.7 Å². The van der Waals surface area contributed by atoms with E-state index in [0.29, 0.717) is 25.1 Å². The molecule has 0 bridgehead atoms. The zero-order valence-electron chi connectivity index (χ0n) is 17.4. The van der Waals surface area contributed by atoms with E-state index < -0.39 is 15.9 Å². The number of rotatable bonds is 6. The third-order valence-corrected chi connectivity index (χ3v) is 7.35. The van der Waals surface area contributed by atoms with E-state index in [9.17, 15) is 17.6 Å². The standard InChI is InChI=1S/C22H27FN2O4S/c1-15-13-20(10-11-21(15)29-3)30(27,28)25-12-4-5-18(14-25)22(26)24-16(2)17-6-8-19(23)9-7-17/h6-11,13,16,18H,4-5,12,14H2,1-3H3,(H,24,26)/t16-,18-/m0/s1. The minimum atomic E-state index is -3.71. The van der Waals surface area contributed by atoms with Gasteiger partial charge in [-0.1, -0.05) is 12.1 Å². The molecule has 1 aliphatic rings. The minimum Gasteiger partial charge on any atom is -0.496 e. The molecule has 6 nitrogen and oxygen atoms in total. The van der Waals surface area contributed by atoms with Gasteiger partial charge in [-0.2, -0.15) is 4.31 Å². The Morgan fingerprint density at radius 3 is 2.57 bits per heavy atom. The second-order valence-electron chi connectivity index (χ2n) is 7.62. The molecule has 3 rings (SSSR count). The van der Waals surface area contributed by atoms with E-state index in [-0.39, 0.29) is 29.2 Å². The lowest BCUT2D eigenvalue weighted by Gasteiger charge is -2.32. The highest BCUT2D eigenvalue weighted by Crippen LogP contribution is 2.27. The van der Waals surface area contributed by atoms with Gasteiger partial charge in [0.15, 0.2) is 0 Å². The van der Waals surface area contributed by atoms with E-state index in [1.807, 2.05) is 6.92 Å². The number of piperidine rings is 1. The molecule has 8 heteroatoms. The first-order valence-electron chi connectivity index (χ1n) is 9.93. The first-order valence-corrected chi connectivity index (χ1v) is 11.4. The van der Waals surface area contributed by atoms with Gasteiger partial charge in [-0.15, -0.1) is 0 Å². The van der Waals surface area contributed by atoms with Gasteiger partial charge in [-0.25, -0.2) is 12.8 Å². The maximum Gasteiger partial charge on any atom is 0.243 e. The predicted octanol–water partition coefficient (Wildman–Crippen LogP) is 3.42. The van der Waals surface area contributed by atoms with Crippen molar-refractivity contribution in [2.75, 3.05) is 20.2 Å². The molecule has 30 heavy (non-hydrogen) atoms. The summed E-state index contributed by atoms with van der Waals surface area (Å²) in [5, 5.41) is 2.92. The van der Waals surface area contributed by atoms with Gasteiger partial charge >= 0.3 is 0 Å². The highest BCUT2D eigenvalue weighted by molar-refractivity contribution is 7.89. The number of carbonyl (C=O) groups excluding carboxylic acids is 1. The number of aryl methyl sites for hydroxylation is 1. The Hall–Kier alpha value is -2.45. The number of benzene rings is 2. The smallest absolute Gasteiger partial charge is 0.243 e. The fraction of sp³-hybridized carbons (Fsp3) is 0.409. The highest BCUT2D eigenvalue weighted by atomic mass is 32.2. The fourth-order valence-electron chi connectivity index (χ4n) is 3.70. The molecule has 162 valence electrons. The Kier molecular flexibility index (Phi) is 6.77. The molecule has 0 aliphatic carbocycles. The van der Waals surface area contributed by atoms with Crippen molar-refractivity contribution in [2.24, 2.45) is 5.92 Å². The number of ether oxygens (including phenoxy) is 1. The SMILES string of the molecule is COc1ccc(S(=O)(=O)N2CCC[C@H](C(=O)N[C@@H](C)c3ccc(F)cc3)C2)cc1C. The fourth-order valence-corrected chi connectivity index (χ4v) is 5.31. The second-order valence-corrected chi connectivity index (χ2v) is 9.55. The monoisotopic (exact) mass is 434 g/mol. The van der Waals surface area contributed by atoms with Crippen LogP contribution in [-0.4, -0.2) is 38.8 Å². The van der Waals surface area contributed by atoms with Crippen molar-refractivity contribution >= 4 is 15.9 Å². The molecule has 0 saturated carbocycles. The number of hydrogen-bond acceptors (Lipinski definition) is 4. The van der Waals surface area contributed by atoms with Crippen molar-refractivity contribution in [3.05, 3.63) is 59.4 Å². The molecular weight excluding hydrogens is 407 g/mol. The average molecular weight is 435 g/mol. The largest absolute Gasteiger partial charge is 0.496 e. The molecule has 1 amide bonds. The zero-order valence-corrected chi connectivity index (χ0v) is 18.2. The van der Waals surface area contributed by atoms with E-state index in [4.69, 9.17) is 4.74 Å². The highest BCUT2D eigenvalue weighted by Gasteiger charge is 2.34. The Labute approximate surface area is 177 Å². The third-order valence-electron chi connectivity index (χ3n) is 5.49. The Bertz CT molecular complexity index is 1010. The van der Waals surface area contributed by atoms with Crippen molar-refractivity contribution in [1.82, 2.24) is 9.62 Å². The average Bonchev–Trinajstić information content (AvgIpc) is 2.74. The van der Waals surface area contributed by atoms with Gasteiger partial charge in [0.2, 0.25) is 15.9 Å². The Morgan fingerprint density at radius 1 is 1.23 bits per heavy atom. The van der Waals surface area contributed by atoms with Crippen molar-refractivity contribution in [3.8, 4) is 5.75 Å². The zero-order chi connectivity index (χ0) is 21.9. The molecule has 1 saturated heterocycles. The van der Waals surface area contributed by atoms with Gasteiger partial charge in [-0.3, -0.25) is 4.79 Å². The summed E-state index contributed by atoms with van der Waals surface area (Å²) in [6.45, 7) is 4.13. The summed E-state index contributed by atoms with van der Waals surface area (Å²) in [5.74, 6) is -0.341. The van der Waals surface area contributed by atoms with Crippen LogP contribution in [0.1, 0.15) is 36.9 Å². The second kappa shape index (κ2) is 9.14. The number of methoxy groups -OCH3 is 1. The Morgan fingerprint density at radius 2 is 1.93 bits per heavy atom. The van der Waals surface area contributed by atoms with Crippen LogP contribution in [0.3, 0.4) is 0 Å². The molecule has 1 N–H and O–H groups in total. The van der Waals surface area contributed by atoms with Crippen molar-refractivity contribution in [3.63, 3.8) is 0 Å². The molecule has 1 aliphatic heterocycles. The molecular formula is C22H27FN2O4S. The van der Waals surface area contributed by atoms with Crippen LogP contribution in [0.15, 0.2) is 47.4 Å². The molecule has 2 atom stereocenters. The lowest BCUT2D eigenvalue weighted by atomic mass is 9.98. The molecule has 2 aromatic rings. The van der Waals surface area contributed by atoms with Gasteiger partial charge in [0.1, 0.15) is 11.6 Å². The number of amides is 1. The van der Waals surface area contributed by atoms with Crippen molar-refractivity contribution in [1.29, 1.82) is 0 Å². The van der Waals surface area contributed by atoms with Crippen LogP contribution in [0.4, 0.5) is 4.39 Å². The predicted molar refractivity (Wildman–Crippen MR) is 112 cm³/mol. The van der Waals surface area contributed by atoms with Crippen LogP contribution in [-0.2, 0) is 14.8 Å². The van der Waals surface area contributed by atoms with E-state index in [0.717, 1.165) is 11.1 Å². The summed E-state index contributed by atoms with van der Waals surface area (Å²) in [7, 11) is -2.17. The van der Waals surface area contributed by atoms with Crippen LogP contribution in [0.25, 0.3) is 0 Å². The number of nitrogens with zero attached hydrogens (tertiary/aromatic N) is 1. The lowest BCUT2D eigenvalue weighted by molar-refractivity contribution is -0.126. The Balaban J connectivity index is 1.70. The maximum absolute atomic E-state index is 13.1. The first kappa shape index (κ1) is 22.2. The van der Waals surface area contributed by atoms with Crippen LogP contribution >= 0.6 is 0 Å². The minimum absolute atomic E-state index is 0.134. The molecule has 2 aromatic carbocycles. The summed E-state index contributed by atoms with van der Waals surface area (Å²) >= 11 is 0. The number of halogens is 1. The summed E-state index contributed by atoms with van der Waals surface area (Å²) in [6, 6.07) is 10.4. The van der Waals surface area contributed by atoms with Crippen LogP contribution in [0.5, 0.6) is 5.75 Å². The summed E-state index contributed by atoms with van der Waals surface area (Å²) in [6.07, 6.45) is 1.23. The molecule has 0 spiro atoms. The number of nitrogens with one attached hydrogen (secondary N) is 1. The molecule has 0 aromatic heterocycles. The number of hydrogen-bond donors (Lipinski definition) is 1. The molecule has 1 fully saturated rings. The molecule has 0 unspecified atom stereocenters. The van der Waals surface area contributed by atoms with Gasteiger partial charge < -0.3 is 10.1 Å². The van der Waals surface area contributed by atoms with Gasteiger partial charge in [-0.05, 0) is 68.1 Å². The van der Waals surface area contributed by atoms with Crippen LogP contribution < -0.4 is 10.1 Å². The third kappa shape index (κ3) is 4.82. The normalized spacial score (nSPS) is 18.6. The number of carbonyl (C=O) groups is 1. The summed E-state index contributed by atoms with van der Waals surface area (Å²) in [5.41, 5.74) is 1.52. The first-order chi connectivity index (χ1) is 14.2. The number of sulfonamides is 1. The van der Waals surface area contributed by atoms with E-state index in [1.54, 1.807) is 31.2 Å². The quantitative estimate of drug-likeness (QED) is 0.756.